The van der Waals surface area contributed by atoms with Crippen LogP contribution in [0, 0.1) is 0 Å². The second-order valence-electron chi connectivity index (χ2n) is 8.74. The Kier molecular flexibility index (Phi) is 14.6. The van der Waals surface area contributed by atoms with E-state index in [1.54, 1.807) is 19.9 Å². The predicted molar refractivity (Wildman–Crippen MR) is 135 cm³/mol. The van der Waals surface area contributed by atoms with E-state index in [4.69, 9.17) is 34.2 Å². The third kappa shape index (κ3) is 12.6. The lowest BCUT2D eigenvalue weighted by Gasteiger charge is -2.18. The molecule has 0 amide bonds. The Labute approximate surface area is 223 Å². The molecule has 0 aliphatic rings. The van der Waals surface area contributed by atoms with Crippen molar-refractivity contribution in [3.63, 3.8) is 0 Å². The van der Waals surface area contributed by atoms with Crippen molar-refractivity contribution >= 4 is 24.4 Å². The van der Waals surface area contributed by atoms with Crippen molar-refractivity contribution in [2.24, 2.45) is 5.73 Å². The Morgan fingerprint density at radius 1 is 0.789 bits per heavy atom. The SMILES string of the molecule is CCCC(C)OC(=O)Oc1cc(C[C@H](N)C(=O)OC(C)COC(=O)OC)ccc1OC(=O)O[C@@H](C)CCC. The maximum atomic E-state index is 12.4. The minimum atomic E-state index is -1.09. The molecule has 38 heavy (non-hydrogen) atoms. The number of benzene rings is 1. The van der Waals surface area contributed by atoms with Crippen LogP contribution in [0.5, 0.6) is 11.5 Å². The van der Waals surface area contributed by atoms with Crippen LogP contribution in [-0.2, 0) is 34.9 Å². The monoisotopic (exact) mass is 541 g/mol. The summed E-state index contributed by atoms with van der Waals surface area (Å²) >= 11 is 0. The molecule has 12 nitrogen and oxygen atoms in total. The van der Waals surface area contributed by atoms with Gasteiger partial charge in [0.15, 0.2) is 11.5 Å². The number of methoxy groups -OCH3 is 1. The van der Waals surface area contributed by atoms with Gasteiger partial charge in [-0.3, -0.25) is 4.79 Å². The molecule has 2 unspecified atom stereocenters. The van der Waals surface area contributed by atoms with Gasteiger partial charge in [-0.25, -0.2) is 14.4 Å². The highest BCUT2D eigenvalue weighted by atomic mass is 16.8. The van der Waals surface area contributed by atoms with Crippen LogP contribution in [-0.4, -0.2) is 62.5 Å². The van der Waals surface area contributed by atoms with E-state index < -0.39 is 36.6 Å². The smallest absolute Gasteiger partial charge is 0.458 e. The lowest BCUT2D eigenvalue weighted by Crippen LogP contribution is -2.37. The molecular formula is C26H39NO11. The van der Waals surface area contributed by atoms with E-state index in [1.807, 2.05) is 13.8 Å². The fourth-order valence-electron chi connectivity index (χ4n) is 3.23. The quantitative estimate of drug-likeness (QED) is 0.197. The Morgan fingerprint density at radius 3 is 1.87 bits per heavy atom. The molecule has 0 aliphatic carbocycles. The van der Waals surface area contributed by atoms with Crippen LogP contribution >= 0.6 is 0 Å². The van der Waals surface area contributed by atoms with Crippen LogP contribution in [0.15, 0.2) is 18.2 Å². The van der Waals surface area contributed by atoms with Crippen molar-refractivity contribution in [2.45, 2.75) is 91.1 Å². The molecule has 0 saturated carbocycles. The first-order valence-electron chi connectivity index (χ1n) is 12.6. The van der Waals surface area contributed by atoms with Gasteiger partial charge in [0.05, 0.1) is 7.11 Å². The first-order chi connectivity index (χ1) is 18.0. The van der Waals surface area contributed by atoms with Crippen molar-refractivity contribution in [3.05, 3.63) is 23.8 Å². The second-order valence-corrected chi connectivity index (χ2v) is 8.74. The Hall–Kier alpha value is -3.54. The molecule has 0 spiro atoms. The molecule has 2 N–H and O–H groups in total. The van der Waals surface area contributed by atoms with E-state index in [9.17, 15) is 19.2 Å². The standard InChI is InChI=1S/C26H39NO11/c1-7-9-16(3)35-25(30)37-21-12-11-19(14-22(21)38-26(31)36-17(4)10-8-2)13-20(27)23(28)34-18(5)15-33-24(29)32-6/h11-12,14,16-18,20H,7-10,13,15,27H2,1-6H3/t16-,17?,18?,20-/m0/s1. The van der Waals surface area contributed by atoms with Crippen LogP contribution in [0.25, 0.3) is 0 Å². The normalized spacial score (nSPS) is 13.8. The van der Waals surface area contributed by atoms with Crippen molar-refractivity contribution in [1.82, 2.24) is 0 Å². The summed E-state index contributed by atoms with van der Waals surface area (Å²) in [4.78, 5) is 48.0. The number of carbonyl (C=O) groups is 4. The molecule has 0 aliphatic heterocycles. The summed E-state index contributed by atoms with van der Waals surface area (Å²) in [6.07, 6.45) is -1.43. The van der Waals surface area contributed by atoms with Crippen LogP contribution in [0.1, 0.15) is 65.9 Å². The van der Waals surface area contributed by atoms with Gasteiger partial charge >= 0.3 is 24.4 Å². The number of hydrogen-bond acceptors (Lipinski definition) is 12. The zero-order chi connectivity index (χ0) is 28.7. The number of carbonyl (C=O) groups excluding carboxylic acids is 4. The highest BCUT2D eigenvalue weighted by Gasteiger charge is 2.23. The summed E-state index contributed by atoms with van der Waals surface area (Å²) in [7, 11) is 1.16. The first kappa shape index (κ1) is 32.5. The third-order valence-corrected chi connectivity index (χ3v) is 5.06. The molecule has 12 heteroatoms. The largest absolute Gasteiger partial charge is 0.514 e. The van der Waals surface area contributed by atoms with Crippen LogP contribution in [0.4, 0.5) is 14.4 Å². The molecule has 0 heterocycles. The summed E-state index contributed by atoms with van der Waals surface area (Å²) < 4.78 is 35.3. The number of ether oxygens (including phenoxy) is 7. The van der Waals surface area contributed by atoms with Gasteiger partial charge in [0, 0.05) is 0 Å². The highest BCUT2D eigenvalue weighted by Crippen LogP contribution is 2.30. The lowest BCUT2D eigenvalue weighted by molar-refractivity contribution is -0.152. The third-order valence-electron chi connectivity index (χ3n) is 5.06. The maximum Gasteiger partial charge on any atom is 0.514 e. The van der Waals surface area contributed by atoms with E-state index in [2.05, 4.69) is 4.74 Å². The topological polar surface area (TPSA) is 159 Å². The van der Waals surface area contributed by atoms with Crippen LogP contribution in [0.2, 0.25) is 0 Å². The Bertz CT molecular complexity index is 920. The molecule has 1 aromatic rings. The van der Waals surface area contributed by atoms with Gasteiger partial charge in [0.2, 0.25) is 0 Å². The number of hydrogen-bond donors (Lipinski definition) is 1. The average molecular weight is 542 g/mol. The van der Waals surface area contributed by atoms with E-state index in [0.717, 1.165) is 20.0 Å². The fourth-order valence-corrected chi connectivity index (χ4v) is 3.23. The van der Waals surface area contributed by atoms with Gasteiger partial charge in [-0.05, 0) is 57.7 Å². The summed E-state index contributed by atoms with van der Waals surface area (Å²) in [6.45, 7) is 8.69. The summed E-state index contributed by atoms with van der Waals surface area (Å²) in [5.74, 6) is -0.931. The molecule has 0 radical (unpaired) electrons. The van der Waals surface area contributed by atoms with Crippen molar-refractivity contribution in [1.29, 1.82) is 0 Å². The Balaban J connectivity index is 2.96. The minimum absolute atomic E-state index is 0.000677. The first-order valence-corrected chi connectivity index (χ1v) is 12.6. The zero-order valence-corrected chi connectivity index (χ0v) is 22.9. The minimum Gasteiger partial charge on any atom is -0.458 e. The summed E-state index contributed by atoms with van der Waals surface area (Å²) in [6, 6.07) is 3.25. The molecule has 1 rings (SSSR count). The van der Waals surface area contributed by atoms with E-state index in [-0.39, 0.29) is 36.7 Å². The lowest BCUT2D eigenvalue weighted by atomic mass is 10.1. The van der Waals surface area contributed by atoms with Crippen molar-refractivity contribution in [2.75, 3.05) is 13.7 Å². The molecule has 4 atom stereocenters. The molecule has 214 valence electrons. The molecule has 0 aromatic heterocycles. The predicted octanol–water partition coefficient (Wildman–Crippen LogP) is 4.68. The Morgan fingerprint density at radius 2 is 1.34 bits per heavy atom. The van der Waals surface area contributed by atoms with Crippen molar-refractivity contribution in [3.8, 4) is 11.5 Å². The van der Waals surface area contributed by atoms with Crippen LogP contribution < -0.4 is 15.2 Å². The summed E-state index contributed by atoms with van der Waals surface area (Å²) in [5.41, 5.74) is 6.47. The fraction of sp³-hybridized carbons (Fsp3) is 0.615. The number of esters is 1. The van der Waals surface area contributed by atoms with Gasteiger partial charge in [-0.2, -0.15) is 0 Å². The van der Waals surface area contributed by atoms with E-state index in [0.29, 0.717) is 18.4 Å². The van der Waals surface area contributed by atoms with E-state index in [1.165, 1.54) is 19.1 Å². The van der Waals surface area contributed by atoms with Gasteiger partial charge in [-0.1, -0.05) is 32.8 Å². The second kappa shape index (κ2) is 17.1. The van der Waals surface area contributed by atoms with Crippen LogP contribution in [0.3, 0.4) is 0 Å². The van der Waals surface area contributed by atoms with Gasteiger partial charge in [-0.15, -0.1) is 0 Å². The summed E-state index contributed by atoms with van der Waals surface area (Å²) in [5, 5.41) is 0. The number of nitrogens with two attached hydrogens (primary N) is 1. The molecule has 0 bridgehead atoms. The van der Waals surface area contributed by atoms with Gasteiger partial charge < -0.3 is 38.9 Å². The zero-order valence-electron chi connectivity index (χ0n) is 22.9. The molecule has 0 fully saturated rings. The van der Waals surface area contributed by atoms with Crippen molar-refractivity contribution < 1.29 is 52.3 Å². The highest BCUT2D eigenvalue weighted by molar-refractivity contribution is 5.76. The number of rotatable bonds is 14. The van der Waals surface area contributed by atoms with Gasteiger partial charge in [0.25, 0.3) is 0 Å². The maximum absolute atomic E-state index is 12.4. The molecule has 1 aromatic carbocycles. The molecular weight excluding hydrogens is 502 g/mol. The van der Waals surface area contributed by atoms with E-state index >= 15 is 0 Å². The average Bonchev–Trinajstić information content (AvgIpc) is 2.84. The van der Waals surface area contributed by atoms with Gasteiger partial charge in [0.1, 0.15) is 31.0 Å². The molecule has 0 saturated heterocycles.